The van der Waals surface area contributed by atoms with Gasteiger partial charge in [0, 0.05) is 37.8 Å². The highest BCUT2D eigenvalue weighted by molar-refractivity contribution is 5.76. The highest BCUT2D eigenvalue weighted by Gasteiger charge is 2.43. The van der Waals surface area contributed by atoms with Gasteiger partial charge in [0.15, 0.2) is 0 Å². The monoisotopic (exact) mass is 347 g/mol. The summed E-state index contributed by atoms with van der Waals surface area (Å²) in [5.41, 5.74) is -0.530. The van der Waals surface area contributed by atoms with E-state index in [1.807, 2.05) is 4.90 Å². The Labute approximate surface area is 149 Å². The van der Waals surface area contributed by atoms with E-state index in [9.17, 15) is 9.90 Å². The first-order valence-corrected chi connectivity index (χ1v) is 9.96. The van der Waals surface area contributed by atoms with Crippen LogP contribution in [0.5, 0.6) is 0 Å². The largest absolute Gasteiger partial charge is 0.425 e. The van der Waals surface area contributed by atoms with Crippen molar-refractivity contribution in [3.8, 4) is 0 Å². The minimum atomic E-state index is -0.530. The summed E-state index contributed by atoms with van der Waals surface area (Å²) < 4.78 is 5.77. The third kappa shape index (κ3) is 3.59. The molecule has 1 N–H and O–H groups in total. The molecule has 2 atom stereocenters. The van der Waals surface area contributed by atoms with Crippen molar-refractivity contribution in [2.24, 2.45) is 5.92 Å². The second-order valence-electron chi connectivity index (χ2n) is 8.15. The third-order valence-electron chi connectivity index (χ3n) is 6.52. The minimum Gasteiger partial charge on any atom is -0.425 e. The minimum absolute atomic E-state index is 0.147. The van der Waals surface area contributed by atoms with Crippen LogP contribution in [0.4, 0.5) is 0 Å². The Morgan fingerprint density at radius 2 is 1.96 bits per heavy atom. The predicted molar refractivity (Wildman–Crippen MR) is 91.9 cm³/mol. The molecular weight excluding hydrogens is 318 g/mol. The predicted octanol–water partition coefficient (Wildman–Crippen LogP) is 2.81. The van der Waals surface area contributed by atoms with Crippen molar-refractivity contribution in [2.75, 3.05) is 13.1 Å². The summed E-state index contributed by atoms with van der Waals surface area (Å²) in [6.07, 6.45) is 10.6. The fourth-order valence-corrected chi connectivity index (χ4v) is 4.87. The fraction of sp³-hybridized carbons (Fsp3) is 0.842. The Bertz CT molecular complexity index is 611. The number of amides is 1. The first-order valence-electron chi connectivity index (χ1n) is 9.96. The van der Waals surface area contributed by atoms with Crippen molar-refractivity contribution < 1.29 is 14.3 Å². The first-order chi connectivity index (χ1) is 12.1. The van der Waals surface area contributed by atoms with Gasteiger partial charge < -0.3 is 14.4 Å². The Morgan fingerprint density at radius 1 is 1.16 bits per heavy atom. The maximum Gasteiger partial charge on any atom is 0.223 e. The molecule has 2 unspecified atom stereocenters. The molecule has 4 rings (SSSR count). The van der Waals surface area contributed by atoms with Crippen LogP contribution in [0.15, 0.2) is 4.42 Å². The Morgan fingerprint density at radius 3 is 2.80 bits per heavy atom. The summed E-state index contributed by atoms with van der Waals surface area (Å²) in [5, 5.41) is 19.0. The van der Waals surface area contributed by atoms with Gasteiger partial charge in [-0.2, -0.15) is 0 Å². The molecule has 1 aromatic rings. The molecule has 25 heavy (non-hydrogen) atoms. The number of nitrogens with zero attached hydrogens (tertiary/aromatic N) is 3. The Balaban J connectivity index is 1.29. The smallest absolute Gasteiger partial charge is 0.223 e. The quantitative estimate of drug-likeness (QED) is 0.906. The number of aromatic nitrogens is 2. The van der Waals surface area contributed by atoms with Crippen molar-refractivity contribution in [1.29, 1.82) is 0 Å². The van der Waals surface area contributed by atoms with Gasteiger partial charge in [-0.05, 0) is 32.1 Å². The molecule has 0 spiro atoms. The summed E-state index contributed by atoms with van der Waals surface area (Å²) >= 11 is 0. The number of likely N-dealkylation sites (tertiary alicyclic amines) is 1. The van der Waals surface area contributed by atoms with Crippen LogP contribution in [-0.4, -0.2) is 44.8 Å². The van der Waals surface area contributed by atoms with Crippen molar-refractivity contribution in [3.05, 3.63) is 11.8 Å². The van der Waals surface area contributed by atoms with Crippen LogP contribution >= 0.6 is 0 Å². The van der Waals surface area contributed by atoms with Crippen LogP contribution in [0.3, 0.4) is 0 Å². The number of fused-ring (bicyclic) bond motifs is 1. The van der Waals surface area contributed by atoms with Crippen LogP contribution in [-0.2, 0) is 11.2 Å². The van der Waals surface area contributed by atoms with Gasteiger partial charge in [0.1, 0.15) is 0 Å². The second-order valence-corrected chi connectivity index (χ2v) is 8.15. The van der Waals surface area contributed by atoms with Gasteiger partial charge in [0.2, 0.25) is 17.7 Å². The molecule has 2 heterocycles. The van der Waals surface area contributed by atoms with Crippen LogP contribution in [0, 0.1) is 5.92 Å². The molecule has 138 valence electrons. The van der Waals surface area contributed by atoms with E-state index in [0.29, 0.717) is 37.7 Å². The van der Waals surface area contributed by atoms with E-state index in [4.69, 9.17) is 4.42 Å². The average Bonchev–Trinajstić information content (AvgIpc) is 3.30. The number of aryl methyl sites for hydroxylation is 1. The molecule has 6 nitrogen and oxygen atoms in total. The number of carbonyl (C=O) groups is 1. The van der Waals surface area contributed by atoms with Crippen molar-refractivity contribution >= 4 is 5.91 Å². The zero-order valence-corrected chi connectivity index (χ0v) is 15.0. The van der Waals surface area contributed by atoms with Gasteiger partial charge in [-0.25, -0.2) is 0 Å². The van der Waals surface area contributed by atoms with E-state index in [-0.39, 0.29) is 11.8 Å². The molecule has 1 amide bonds. The molecule has 3 fully saturated rings. The maximum absolute atomic E-state index is 12.6. The van der Waals surface area contributed by atoms with E-state index >= 15 is 0 Å². The number of carbonyl (C=O) groups excluding carboxylic acids is 1. The zero-order valence-electron chi connectivity index (χ0n) is 15.0. The molecule has 0 aromatic carbocycles. The Kier molecular flexibility index (Phi) is 4.80. The van der Waals surface area contributed by atoms with Crippen LogP contribution < -0.4 is 0 Å². The van der Waals surface area contributed by atoms with Gasteiger partial charge in [-0.15, -0.1) is 10.2 Å². The standard InChI is InChI=1S/C19H29N3O3/c23-17(22-12-11-19(24)10-4-3-7-15(19)13-22)9-8-16-20-21-18(25-16)14-5-1-2-6-14/h14-15,24H,1-13H2. The van der Waals surface area contributed by atoms with E-state index < -0.39 is 5.60 Å². The number of piperidine rings is 1. The molecule has 6 heteroatoms. The Hall–Kier alpha value is -1.43. The van der Waals surface area contributed by atoms with Gasteiger partial charge >= 0.3 is 0 Å². The topological polar surface area (TPSA) is 79.5 Å². The lowest BCUT2D eigenvalue weighted by atomic mass is 9.71. The van der Waals surface area contributed by atoms with Crippen molar-refractivity contribution in [1.82, 2.24) is 15.1 Å². The lowest BCUT2D eigenvalue weighted by Gasteiger charge is -2.47. The van der Waals surface area contributed by atoms with Crippen LogP contribution in [0.2, 0.25) is 0 Å². The summed E-state index contributed by atoms with van der Waals surface area (Å²) in [4.78, 5) is 14.5. The second kappa shape index (κ2) is 7.06. The maximum atomic E-state index is 12.6. The molecule has 2 aliphatic carbocycles. The summed E-state index contributed by atoms with van der Waals surface area (Å²) in [7, 11) is 0. The molecule has 1 aromatic heterocycles. The van der Waals surface area contributed by atoms with E-state index in [1.54, 1.807) is 0 Å². The number of hydrogen-bond acceptors (Lipinski definition) is 5. The normalized spacial score (nSPS) is 30.4. The van der Waals surface area contributed by atoms with Crippen molar-refractivity contribution in [3.63, 3.8) is 0 Å². The number of rotatable bonds is 4. The summed E-state index contributed by atoms with van der Waals surface area (Å²) in [6.45, 7) is 1.37. The SMILES string of the molecule is O=C(CCc1nnc(C2CCCC2)o1)N1CCC2(O)CCCCC2C1. The zero-order chi connectivity index (χ0) is 17.3. The van der Waals surface area contributed by atoms with Crippen LogP contribution in [0.1, 0.15) is 81.9 Å². The molecule has 1 saturated heterocycles. The fourth-order valence-electron chi connectivity index (χ4n) is 4.87. The van der Waals surface area contributed by atoms with Gasteiger partial charge in [0.05, 0.1) is 5.60 Å². The van der Waals surface area contributed by atoms with Crippen LogP contribution in [0.25, 0.3) is 0 Å². The highest BCUT2D eigenvalue weighted by Crippen LogP contribution is 2.40. The highest BCUT2D eigenvalue weighted by atomic mass is 16.4. The lowest BCUT2D eigenvalue weighted by Crippen LogP contribution is -2.54. The number of hydrogen-bond donors (Lipinski definition) is 1. The van der Waals surface area contributed by atoms with Gasteiger partial charge in [-0.1, -0.05) is 25.7 Å². The first kappa shape index (κ1) is 17.0. The van der Waals surface area contributed by atoms with E-state index in [0.717, 1.165) is 44.4 Å². The molecular formula is C19H29N3O3. The third-order valence-corrected chi connectivity index (χ3v) is 6.52. The van der Waals surface area contributed by atoms with Gasteiger partial charge in [-0.3, -0.25) is 4.79 Å². The van der Waals surface area contributed by atoms with Crippen molar-refractivity contribution in [2.45, 2.75) is 82.1 Å². The van der Waals surface area contributed by atoms with E-state index in [2.05, 4.69) is 10.2 Å². The summed E-state index contributed by atoms with van der Waals surface area (Å²) in [6, 6.07) is 0. The lowest BCUT2D eigenvalue weighted by molar-refractivity contribution is -0.143. The summed E-state index contributed by atoms with van der Waals surface area (Å²) in [5.74, 6) is 2.15. The number of aliphatic hydroxyl groups is 1. The van der Waals surface area contributed by atoms with Gasteiger partial charge in [0.25, 0.3) is 0 Å². The molecule has 1 aliphatic heterocycles. The molecule has 0 radical (unpaired) electrons. The molecule has 3 aliphatic rings. The average molecular weight is 347 g/mol. The molecule has 0 bridgehead atoms. The molecule has 2 saturated carbocycles. The van der Waals surface area contributed by atoms with E-state index in [1.165, 1.54) is 19.3 Å².